The molecule has 0 atom stereocenters. The van der Waals surface area contributed by atoms with Crippen LogP contribution in [0.3, 0.4) is 0 Å². The van der Waals surface area contributed by atoms with Crippen LogP contribution >= 0.6 is 0 Å². The number of aryl methyl sites for hydroxylation is 2. The number of rotatable bonds is 10. The molecule has 0 saturated heterocycles. The molecule has 0 saturated carbocycles. The van der Waals surface area contributed by atoms with Gasteiger partial charge in [0.25, 0.3) is 0 Å². The Hall–Kier alpha value is -1.84. The van der Waals surface area contributed by atoms with E-state index in [0.29, 0.717) is 13.0 Å². The van der Waals surface area contributed by atoms with Gasteiger partial charge in [-0.1, -0.05) is 49.6 Å². The van der Waals surface area contributed by atoms with Gasteiger partial charge in [0.15, 0.2) is 0 Å². The maximum atomic E-state index is 12.5. The molecule has 0 N–H and O–H groups in total. The molecule has 1 rings (SSSR count). The lowest BCUT2D eigenvalue weighted by molar-refractivity contribution is -0.141. The molecular formula is C19H29NO3. The van der Waals surface area contributed by atoms with Gasteiger partial charge in [0.1, 0.15) is 0 Å². The lowest BCUT2D eigenvalue weighted by atomic mass is 10.1. The molecule has 4 heteroatoms. The zero-order chi connectivity index (χ0) is 17.1. The minimum absolute atomic E-state index is 0.116. The van der Waals surface area contributed by atoms with Gasteiger partial charge < -0.3 is 9.64 Å². The van der Waals surface area contributed by atoms with Crippen LogP contribution in [0.5, 0.6) is 0 Å². The van der Waals surface area contributed by atoms with Crippen LogP contribution in [0.2, 0.25) is 0 Å². The summed E-state index contributed by atoms with van der Waals surface area (Å²) in [5.41, 5.74) is 2.39. The molecule has 0 heterocycles. The van der Waals surface area contributed by atoms with Gasteiger partial charge in [0.2, 0.25) is 5.91 Å². The van der Waals surface area contributed by atoms with Crippen molar-refractivity contribution < 1.29 is 14.3 Å². The number of ether oxygens (including phenoxy) is 1. The van der Waals surface area contributed by atoms with E-state index in [-0.39, 0.29) is 18.3 Å². The summed E-state index contributed by atoms with van der Waals surface area (Å²) in [7, 11) is 1.38. The zero-order valence-corrected chi connectivity index (χ0v) is 14.6. The number of carbonyl (C=O) groups is 2. The summed E-state index contributed by atoms with van der Waals surface area (Å²) in [5.74, 6) is -0.151. The van der Waals surface area contributed by atoms with Gasteiger partial charge in [0, 0.05) is 19.5 Å². The topological polar surface area (TPSA) is 46.6 Å². The first-order valence-corrected chi connectivity index (χ1v) is 8.47. The summed E-state index contributed by atoms with van der Waals surface area (Å²) in [6.45, 7) is 5.36. The van der Waals surface area contributed by atoms with Crippen molar-refractivity contribution in [1.82, 2.24) is 4.90 Å². The molecule has 0 aliphatic rings. The van der Waals surface area contributed by atoms with Gasteiger partial charge in [0.05, 0.1) is 13.5 Å². The summed E-state index contributed by atoms with van der Waals surface area (Å²) in [6, 6.07) is 8.27. The Morgan fingerprint density at radius 3 is 2.35 bits per heavy atom. The number of unbranched alkanes of at least 4 members (excludes halogenated alkanes) is 2. The largest absolute Gasteiger partial charge is 0.469 e. The number of esters is 1. The van der Waals surface area contributed by atoms with E-state index in [2.05, 4.69) is 42.8 Å². The predicted octanol–water partition coefficient (Wildman–Crippen LogP) is 3.51. The molecule has 128 valence electrons. The number of benzene rings is 1. The Kier molecular flexibility index (Phi) is 9.03. The van der Waals surface area contributed by atoms with E-state index in [1.165, 1.54) is 18.2 Å². The molecule has 1 amide bonds. The number of methoxy groups -OCH3 is 1. The third-order valence-corrected chi connectivity index (χ3v) is 3.95. The number of hydrogen-bond donors (Lipinski definition) is 0. The van der Waals surface area contributed by atoms with Crippen molar-refractivity contribution in [1.29, 1.82) is 0 Å². The number of hydrogen-bond acceptors (Lipinski definition) is 3. The van der Waals surface area contributed by atoms with Gasteiger partial charge >= 0.3 is 5.97 Å². The fraction of sp³-hybridized carbons (Fsp3) is 0.579. The lowest BCUT2D eigenvalue weighted by Gasteiger charge is -2.22. The van der Waals surface area contributed by atoms with E-state index in [0.717, 1.165) is 32.2 Å². The molecule has 4 nitrogen and oxygen atoms in total. The zero-order valence-electron chi connectivity index (χ0n) is 14.6. The number of carbonyl (C=O) groups excluding carboxylic acids is 2. The third kappa shape index (κ3) is 7.82. The molecule has 0 aromatic heterocycles. The van der Waals surface area contributed by atoms with Crippen molar-refractivity contribution in [2.24, 2.45) is 0 Å². The van der Waals surface area contributed by atoms with Crippen LogP contribution in [-0.2, 0) is 20.7 Å². The molecule has 23 heavy (non-hydrogen) atoms. The highest BCUT2D eigenvalue weighted by atomic mass is 16.5. The van der Waals surface area contributed by atoms with Crippen LogP contribution in [0.1, 0.15) is 50.2 Å². The minimum atomic E-state index is -0.267. The summed E-state index contributed by atoms with van der Waals surface area (Å²) in [6.07, 6.45) is 4.67. The first kappa shape index (κ1) is 19.2. The van der Waals surface area contributed by atoms with Gasteiger partial charge in [-0.2, -0.15) is 0 Å². The SMILES string of the molecule is CCCCCN(CCC(=O)OC)C(=O)CCc1ccc(C)cc1. The van der Waals surface area contributed by atoms with E-state index >= 15 is 0 Å². The Morgan fingerprint density at radius 2 is 1.74 bits per heavy atom. The Balaban J connectivity index is 2.51. The summed E-state index contributed by atoms with van der Waals surface area (Å²) < 4.78 is 4.67. The van der Waals surface area contributed by atoms with Crippen molar-refractivity contribution in [3.63, 3.8) is 0 Å². The van der Waals surface area contributed by atoms with Crippen LogP contribution in [0, 0.1) is 6.92 Å². The summed E-state index contributed by atoms with van der Waals surface area (Å²) in [4.78, 5) is 25.6. The molecular weight excluding hydrogens is 290 g/mol. The summed E-state index contributed by atoms with van der Waals surface area (Å²) in [5, 5.41) is 0. The van der Waals surface area contributed by atoms with Crippen molar-refractivity contribution >= 4 is 11.9 Å². The van der Waals surface area contributed by atoms with Crippen LogP contribution < -0.4 is 0 Å². The third-order valence-electron chi connectivity index (χ3n) is 3.95. The molecule has 0 unspecified atom stereocenters. The maximum Gasteiger partial charge on any atom is 0.307 e. The average Bonchev–Trinajstić information content (AvgIpc) is 2.56. The molecule has 1 aromatic carbocycles. The van der Waals surface area contributed by atoms with Crippen molar-refractivity contribution in [3.05, 3.63) is 35.4 Å². The smallest absolute Gasteiger partial charge is 0.307 e. The standard InChI is InChI=1S/C19H29NO3/c1-4-5-6-14-20(15-13-19(22)23-3)18(21)12-11-17-9-7-16(2)8-10-17/h7-10H,4-6,11-15H2,1-3H3. The van der Waals surface area contributed by atoms with Gasteiger partial charge in [-0.15, -0.1) is 0 Å². The van der Waals surface area contributed by atoms with E-state index in [9.17, 15) is 9.59 Å². The quantitative estimate of drug-likeness (QED) is 0.490. The fourth-order valence-electron chi connectivity index (χ4n) is 2.41. The molecule has 0 aliphatic heterocycles. The minimum Gasteiger partial charge on any atom is -0.469 e. The van der Waals surface area contributed by atoms with Crippen LogP contribution in [0.4, 0.5) is 0 Å². The Labute approximate surface area is 139 Å². The fourth-order valence-corrected chi connectivity index (χ4v) is 2.41. The molecule has 0 aliphatic carbocycles. The Bertz CT molecular complexity index is 482. The molecule has 0 radical (unpaired) electrons. The predicted molar refractivity (Wildman–Crippen MR) is 92.2 cm³/mol. The first-order chi connectivity index (χ1) is 11.1. The van der Waals surface area contributed by atoms with Crippen molar-refractivity contribution in [2.45, 2.75) is 52.4 Å². The van der Waals surface area contributed by atoms with Crippen LogP contribution in [0.25, 0.3) is 0 Å². The highest BCUT2D eigenvalue weighted by Gasteiger charge is 2.15. The normalized spacial score (nSPS) is 10.4. The van der Waals surface area contributed by atoms with Crippen molar-refractivity contribution in [3.8, 4) is 0 Å². The van der Waals surface area contributed by atoms with Gasteiger partial charge in [-0.25, -0.2) is 0 Å². The maximum absolute atomic E-state index is 12.5. The number of nitrogens with zero attached hydrogens (tertiary/aromatic N) is 1. The molecule has 1 aromatic rings. The lowest BCUT2D eigenvalue weighted by Crippen LogP contribution is -2.34. The van der Waals surface area contributed by atoms with Crippen LogP contribution in [-0.4, -0.2) is 37.0 Å². The highest BCUT2D eigenvalue weighted by Crippen LogP contribution is 2.09. The van der Waals surface area contributed by atoms with E-state index in [1.54, 1.807) is 4.90 Å². The van der Waals surface area contributed by atoms with Gasteiger partial charge in [-0.3, -0.25) is 9.59 Å². The van der Waals surface area contributed by atoms with Crippen molar-refractivity contribution in [2.75, 3.05) is 20.2 Å². The monoisotopic (exact) mass is 319 g/mol. The van der Waals surface area contributed by atoms with Gasteiger partial charge in [-0.05, 0) is 25.3 Å². The molecule has 0 fully saturated rings. The summed E-state index contributed by atoms with van der Waals surface area (Å²) >= 11 is 0. The molecule has 0 spiro atoms. The second-order valence-electron chi connectivity index (χ2n) is 5.90. The highest BCUT2D eigenvalue weighted by molar-refractivity contribution is 5.77. The van der Waals surface area contributed by atoms with Crippen LogP contribution in [0.15, 0.2) is 24.3 Å². The second kappa shape index (κ2) is 10.8. The van der Waals surface area contributed by atoms with E-state index in [1.807, 2.05) is 0 Å². The van der Waals surface area contributed by atoms with E-state index in [4.69, 9.17) is 0 Å². The Morgan fingerprint density at radius 1 is 1.04 bits per heavy atom. The average molecular weight is 319 g/mol. The number of amides is 1. The molecule has 0 bridgehead atoms. The second-order valence-corrected chi connectivity index (χ2v) is 5.90. The first-order valence-electron chi connectivity index (χ1n) is 8.47. The van der Waals surface area contributed by atoms with E-state index < -0.39 is 0 Å².